The summed E-state index contributed by atoms with van der Waals surface area (Å²) >= 11 is 6.24. The van der Waals surface area contributed by atoms with E-state index in [4.69, 9.17) is 11.6 Å². The van der Waals surface area contributed by atoms with E-state index in [1.165, 1.54) is 22.8 Å². The maximum Gasteiger partial charge on any atom is 1.00 e. The van der Waals surface area contributed by atoms with E-state index in [2.05, 4.69) is 10.6 Å². The fourth-order valence-electron chi connectivity index (χ4n) is 3.73. The summed E-state index contributed by atoms with van der Waals surface area (Å²) < 4.78 is 1.51. The zero-order valence-corrected chi connectivity index (χ0v) is 21.3. The minimum absolute atomic E-state index is 0. The van der Waals surface area contributed by atoms with Crippen molar-refractivity contribution < 1.29 is 44.3 Å². The number of carboxylic acids is 1. The summed E-state index contributed by atoms with van der Waals surface area (Å²) in [7, 11) is 1.65. The van der Waals surface area contributed by atoms with Crippen LogP contribution in [0.2, 0.25) is 5.02 Å². The number of carbonyl (C=O) groups excluding carboxylic acids is 2. The molecule has 0 aliphatic carbocycles. The molecule has 2 N–H and O–H groups in total. The first kappa shape index (κ1) is 25.5. The molecule has 0 unspecified atom stereocenters. The molecule has 7 nitrogen and oxygen atoms in total. The Kier molecular flexibility index (Phi) is 8.17. The third kappa shape index (κ3) is 5.34. The van der Waals surface area contributed by atoms with Crippen LogP contribution in [0.5, 0.6) is 0 Å². The number of carboxylic acid groups (broad SMARTS) is 1. The van der Waals surface area contributed by atoms with Crippen LogP contribution in [0.1, 0.15) is 16.1 Å². The Bertz CT molecular complexity index is 1440. The topological polar surface area (TPSA) is 103 Å². The average Bonchev–Trinajstić information content (AvgIpc) is 2.81. The average molecular weight is 484 g/mol. The van der Waals surface area contributed by atoms with E-state index in [0.717, 1.165) is 11.1 Å². The summed E-state index contributed by atoms with van der Waals surface area (Å²) in [4.78, 5) is 36.6. The second-order valence-electron chi connectivity index (χ2n) is 7.42. The van der Waals surface area contributed by atoms with E-state index in [0.29, 0.717) is 27.2 Å². The molecule has 0 aliphatic heterocycles. The van der Waals surface area contributed by atoms with Gasteiger partial charge in [0.25, 0.3) is 5.56 Å². The molecular formula is C25H19ClN3NaO4. The van der Waals surface area contributed by atoms with Crippen LogP contribution < -0.4 is 50.9 Å². The molecule has 2 amide bonds. The van der Waals surface area contributed by atoms with Crippen molar-refractivity contribution >= 4 is 40.1 Å². The van der Waals surface area contributed by atoms with Crippen LogP contribution in [0, 0.1) is 0 Å². The standard InChI is InChI=1S/C25H20ClN3O4.Na/c1-29-21(14-27-25(33)28-18-9-5-8-16(12-18)24(31)32)22(15-6-3-2-4-7-15)20-13-17(26)10-11-19(20)23(29)30;/h2-13H,14H2,1H3,(H,31,32)(H2,27,28,33);/q;+1/p-1. The molecule has 0 fully saturated rings. The van der Waals surface area contributed by atoms with Gasteiger partial charge < -0.3 is 25.1 Å². The van der Waals surface area contributed by atoms with Crippen LogP contribution in [0.4, 0.5) is 10.5 Å². The minimum atomic E-state index is -1.34. The number of amides is 2. The number of halogens is 1. The fraction of sp³-hybridized carbons (Fsp3) is 0.0800. The molecule has 3 aromatic carbocycles. The van der Waals surface area contributed by atoms with Gasteiger partial charge in [-0.25, -0.2) is 4.79 Å². The summed E-state index contributed by atoms with van der Waals surface area (Å²) in [6.45, 7) is 0.0461. The number of benzene rings is 3. The smallest absolute Gasteiger partial charge is 0.545 e. The van der Waals surface area contributed by atoms with Gasteiger partial charge >= 0.3 is 35.6 Å². The van der Waals surface area contributed by atoms with Gasteiger partial charge in [-0.15, -0.1) is 0 Å². The van der Waals surface area contributed by atoms with Crippen molar-refractivity contribution in [3.05, 3.63) is 99.4 Å². The van der Waals surface area contributed by atoms with Crippen LogP contribution in [-0.4, -0.2) is 16.6 Å². The molecule has 9 heteroatoms. The number of aromatic nitrogens is 1. The van der Waals surface area contributed by atoms with Crippen LogP contribution in [0.3, 0.4) is 0 Å². The van der Waals surface area contributed by atoms with Crippen molar-refractivity contribution in [1.29, 1.82) is 0 Å². The van der Waals surface area contributed by atoms with Gasteiger partial charge in [0.1, 0.15) is 0 Å². The summed E-state index contributed by atoms with van der Waals surface area (Å²) in [5.41, 5.74) is 2.30. The van der Waals surface area contributed by atoms with E-state index >= 15 is 0 Å². The largest absolute Gasteiger partial charge is 1.00 e. The molecule has 4 aromatic rings. The summed E-state index contributed by atoms with van der Waals surface area (Å²) in [6.07, 6.45) is 0. The second kappa shape index (κ2) is 10.9. The van der Waals surface area contributed by atoms with Crippen molar-refractivity contribution in [3.63, 3.8) is 0 Å². The summed E-state index contributed by atoms with van der Waals surface area (Å²) in [5.74, 6) is -1.34. The molecule has 0 saturated heterocycles. The monoisotopic (exact) mass is 483 g/mol. The Hall–Kier alpha value is -3.10. The van der Waals surface area contributed by atoms with Crippen LogP contribution in [-0.2, 0) is 13.6 Å². The predicted molar refractivity (Wildman–Crippen MR) is 126 cm³/mol. The van der Waals surface area contributed by atoms with Gasteiger partial charge in [0, 0.05) is 34.4 Å². The number of urea groups is 1. The van der Waals surface area contributed by atoms with E-state index in [-0.39, 0.29) is 47.2 Å². The van der Waals surface area contributed by atoms with E-state index in [1.54, 1.807) is 31.3 Å². The van der Waals surface area contributed by atoms with Gasteiger partial charge in [0.15, 0.2) is 0 Å². The first-order valence-electron chi connectivity index (χ1n) is 10.1. The number of pyridine rings is 1. The summed E-state index contributed by atoms with van der Waals surface area (Å²) in [5, 5.41) is 18.1. The molecule has 0 spiro atoms. The molecule has 0 radical (unpaired) electrons. The molecule has 0 bridgehead atoms. The van der Waals surface area contributed by atoms with E-state index in [1.807, 2.05) is 30.3 Å². The second-order valence-corrected chi connectivity index (χ2v) is 7.85. The first-order chi connectivity index (χ1) is 15.8. The molecule has 0 atom stereocenters. The Morgan fingerprint density at radius 2 is 1.71 bits per heavy atom. The summed E-state index contributed by atoms with van der Waals surface area (Å²) in [6, 6.07) is 19.8. The Labute approximate surface area is 222 Å². The van der Waals surface area contributed by atoms with Gasteiger partial charge in [0.05, 0.1) is 12.5 Å². The van der Waals surface area contributed by atoms with E-state index < -0.39 is 12.0 Å². The first-order valence-corrected chi connectivity index (χ1v) is 10.5. The number of aromatic carboxylic acids is 1. The number of nitrogens with zero attached hydrogens (tertiary/aromatic N) is 1. The number of anilines is 1. The predicted octanol–water partition coefficient (Wildman–Crippen LogP) is 0.548. The third-order valence-corrected chi connectivity index (χ3v) is 5.55. The van der Waals surface area contributed by atoms with Crippen molar-refractivity contribution in [2.75, 3.05) is 5.32 Å². The van der Waals surface area contributed by atoms with Crippen LogP contribution >= 0.6 is 11.6 Å². The van der Waals surface area contributed by atoms with Gasteiger partial charge in [-0.2, -0.15) is 0 Å². The molecule has 0 saturated carbocycles. The van der Waals surface area contributed by atoms with Gasteiger partial charge in [0.2, 0.25) is 0 Å². The maximum atomic E-state index is 13.0. The number of rotatable bonds is 5. The Morgan fingerprint density at radius 3 is 2.41 bits per heavy atom. The number of carbonyl (C=O) groups is 2. The zero-order chi connectivity index (χ0) is 23.5. The van der Waals surface area contributed by atoms with E-state index in [9.17, 15) is 19.5 Å². The molecule has 1 heterocycles. The number of hydrogen-bond acceptors (Lipinski definition) is 4. The molecule has 1 aromatic heterocycles. The van der Waals surface area contributed by atoms with Crippen LogP contribution in [0.25, 0.3) is 21.9 Å². The van der Waals surface area contributed by atoms with Crippen molar-refractivity contribution in [1.82, 2.24) is 9.88 Å². The minimum Gasteiger partial charge on any atom is -0.545 e. The molecular weight excluding hydrogens is 465 g/mol. The number of fused-ring (bicyclic) bond motifs is 1. The quantitative estimate of drug-likeness (QED) is 0.405. The van der Waals surface area contributed by atoms with Gasteiger partial charge in [-0.05, 0) is 46.8 Å². The SMILES string of the molecule is Cn1c(CNC(=O)Nc2cccc(C(=O)[O-])c2)c(-c2ccccc2)c2cc(Cl)ccc2c1=O.[Na+]. The number of nitrogens with one attached hydrogen (secondary N) is 2. The molecule has 34 heavy (non-hydrogen) atoms. The molecule has 4 rings (SSSR count). The molecule has 166 valence electrons. The third-order valence-electron chi connectivity index (χ3n) is 5.31. The fourth-order valence-corrected chi connectivity index (χ4v) is 3.91. The number of hydrogen-bond donors (Lipinski definition) is 2. The zero-order valence-electron chi connectivity index (χ0n) is 18.6. The van der Waals surface area contributed by atoms with Crippen molar-refractivity contribution in [2.24, 2.45) is 7.05 Å². The Morgan fingerprint density at radius 1 is 0.971 bits per heavy atom. The maximum absolute atomic E-state index is 13.0. The Balaban J connectivity index is 0.00000324. The van der Waals surface area contributed by atoms with Gasteiger partial charge in [-0.3, -0.25) is 4.79 Å². The van der Waals surface area contributed by atoms with Crippen molar-refractivity contribution in [3.8, 4) is 11.1 Å². The van der Waals surface area contributed by atoms with Crippen molar-refractivity contribution in [2.45, 2.75) is 6.54 Å². The molecule has 0 aliphatic rings. The van der Waals surface area contributed by atoms with Crippen LogP contribution in [0.15, 0.2) is 77.6 Å². The van der Waals surface area contributed by atoms with Gasteiger partial charge in [-0.1, -0.05) is 54.1 Å². The normalized spacial score (nSPS) is 10.4.